The third kappa shape index (κ3) is 6.48. The Bertz CT molecular complexity index is 865. The Balaban J connectivity index is 1.72. The van der Waals surface area contributed by atoms with Crippen molar-refractivity contribution < 1.29 is 4.74 Å². The van der Waals surface area contributed by atoms with Gasteiger partial charge < -0.3 is 9.64 Å². The highest BCUT2D eigenvalue weighted by Gasteiger charge is 2.15. The van der Waals surface area contributed by atoms with E-state index in [1.807, 2.05) is 41.9 Å². The zero-order valence-electron chi connectivity index (χ0n) is 16.9. The van der Waals surface area contributed by atoms with E-state index in [1.54, 1.807) is 23.1 Å². The predicted molar refractivity (Wildman–Crippen MR) is 126 cm³/mol. The van der Waals surface area contributed by atoms with Gasteiger partial charge in [0.05, 0.1) is 12.2 Å². The van der Waals surface area contributed by atoms with Gasteiger partial charge in [0.2, 0.25) is 0 Å². The molecule has 3 rings (SSSR count). The monoisotopic (exact) mass is 446 g/mol. The minimum absolute atomic E-state index is 0.717. The van der Waals surface area contributed by atoms with E-state index in [0.717, 1.165) is 63.6 Å². The smallest absolute Gasteiger partial charge is 0.130 e. The average Bonchev–Trinajstić information content (AvgIpc) is 3.27. The fourth-order valence-corrected chi connectivity index (χ4v) is 4.93. The van der Waals surface area contributed by atoms with Crippen molar-refractivity contribution in [1.29, 1.82) is 0 Å². The quantitative estimate of drug-likeness (QED) is 0.293. The number of aromatic nitrogens is 1. The van der Waals surface area contributed by atoms with E-state index in [9.17, 15) is 0 Å². The summed E-state index contributed by atoms with van der Waals surface area (Å²) in [7, 11) is 0. The van der Waals surface area contributed by atoms with Gasteiger partial charge in [0.15, 0.2) is 0 Å². The van der Waals surface area contributed by atoms with Gasteiger partial charge in [-0.05, 0) is 68.9 Å². The molecule has 0 saturated carbocycles. The Labute approximate surface area is 187 Å². The van der Waals surface area contributed by atoms with Crippen LogP contribution in [0.4, 0.5) is 0 Å². The van der Waals surface area contributed by atoms with Gasteiger partial charge in [-0.3, -0.25) is 0 Å². The maximum atomic E-state index is 6.22. The predicted octanol–water partition coefficient (Wildman–Crippen LogP) is 7.12. The zero-order valence-corrected chi connectivity index (χ0v) is 19.3. The van der Waals surface area contributed by atoms with Gasteiger partial charge in [-0.15, -0.1) is 11.3 Å². The normalized spacial score (nSPS) is 11.2. The second-order valence-corrected chi connectivity index (χ2v) is 9.05. The van der Waals surface area contributed by atoms with Crippen molar-refractivity contribution in [3.05, 3.63) is 59.1 Å². The van der Waals surface area contributed by atoms with Gasteiger partial charge in [0, 0.05) is 26.4 Å². The topological polar surface area (TPSA) is 25.4 Å². The first-order valence-corrected chi connectivity index (χ1v) is 12.1. The molecule has 6 heteroatoms. The van der Waals surface area contributed by atoms with Gasteiger partial charge >= 0.3 is 0 Å². The molecule has 0 fully saturated rings. The largest absolute Gasteiger partial charge is 0.493 e. The number of hydrogen-bond acceptors (Lipinski definition) is 5. The Hall–Kier alpha value is -1.53. The minimum atomic E-state index is 0.717. The van der Waals surface area contributed by atoms with Crippen molar-refractivity contribution in [1.82, 2.24) is 9.88 Å². The Kier molecular flexibility index (Phi) is 8.87. The highest BCUT2D eigenvalue weighted by molar-refractivity contribution is 7.99. The van der Waals surface area contributed by atoms with Crippen molar-refractivity contribution in [2.75, 3.05) is 26.2 Å². The van der Waals surface area contributed by atoms with E-state index in [0.29, 0.717) is 6.61 Å². The summed E-state index contributed by atoms with van der Waals surface area (Å²) in [5, 5.41) is 3.74. The molecule has 0 saturated heterocycles. The fraction of sp³-hybridized carbons (Fsp3) is 0.348. The van der Waals surface area contributed by atoms with E-state index in [-0.39, 0.29) is 0 Å². The standard InChI is InChI=1S/C23H27ClN2OS2/c1-3-26(4-2)15-5-6-16-27-20-8-7-9-21(22(20)23-25-14-17-28-23)29-19-12-10-18(24)11-13-19/h7-14,17H,3-6,15-16H2,1-2H3. The van der Waals surface area contributed by atoms with Crippen LogP contribution in [-0.2, 0) is 0 Å². The van der Waals surface area contributed by atoms with E-state index in [4.69, 9.17) is 16.3 Å². The molecule has 0 spiro atoms. The van der Waals surface area contributed by atoms with Crippen LogP contribution in [0.15, 0.2) is 63.8 Å². The Morgan fingerprint density at radius 3 is 2.55 bits per heavy atom. The van der Waals surface area contributed by atoms with Crippen LogP contribution in [0.2, 0.25) is 5.02 Å². The second-order valence-electron chi connectivity index (χ2n) is 6.60. The van der Waals surface area contributed by atoms with Crippen LogP contribution in [-0.4, -0.2) is 36.1 Å². The summed E-state index contributed by atoms with van der Waals surface area (Å²) < 4.78 is 6.22. The van der Waals surface area contributed by atoms with Crippen LogP contribution in [0.5, 0.6) is 5.75 Å². The molecular formula is C23H27ClN2OS2. The molecule has 3 aromatic rings. The lowest BCUT2D eigenvalue weighted by Crippen LogP contribution is -2.24. The minimum Gasteiger partial charge on any atom is -0.493 e. The number of rotatable bonds is 11. The summed E-state index contributed by atoms with van der Waals surface area (Å²) in [6, 6.07) is 14.2. The van der Waals surface area contributed by atoms with Gasteiger partial charge in [0.1, 0.15) is 10.8 Å². The second kappa shape index (κ2) is 11.6. The van der Waals surface area contributed by atoms with E-state index in [1.165, 1.54) is 0 Å². The molecule has 2 aromatic carbocycles. The SMILES string of the molecule is CCN(CC)CCCCOc1cccc(Sc2ccc(Cl)cc2)c1-c1nccs1. The van der Waals surface area contributed by atoms with E-state index >= 15 is 0 Å². The summed E-state index contributed by atoms with van der Waals surface area (Å²) in [5.74, 6) is 0.904. The molecule has 0 N–H and O–H groups in total. The van der Waals surface area contributed by atoms with Gasteiger partial charge in [-0.2, -0.15) is 0 Å². The van der Waals surface area contributed by atoms with Crippen molar-refractivity contribution >= 4 is 34.7 Å². The molecule has 3 nitrogen and oxygen atoms in total. The van der Waals surface area contributed by atoms with E-state index < -0.39 is 0 Å². The molecule has 0 aliphatic heterocycles. The van der Waals surface area contributed by atoms with Gasteiger partial charge in [-0.25, -0.2) is 4.98 Å². The van der Waals surface area contributed by atoms with Crippen molar-refractivity contribution in [3.63, 3.8) is 0 Å². The summed E-state index contributed by atoms with van der Waals surface area (Å²) in [5.41, 5.74) is 1.08. The highest BCUT2D eigenvalue weighted by atomic mass is 35.5. The number of nitrogens with zero attached hydrogens (tertiary/aromatic N) is 2. The summed E-state index contributed by atoms with van der Waals surface area (Å²) in [4.78, 5) is 9.28. The first kappa shape index (κ1) is 22.2. The number of unbranched alkanes of at least 4 members (excludes halogenated alkanes) is 1. The van der Waals surface area contributed by atoms with Crippen LogP contribution in [0.1, 0.15) is 26.7 Å². The summed E-state index contributed by atoms with van der Waals surface area (Å²) in [6.45, 7) is 8.48. The number of benzene rings is 2. The maximum Gasteiger partial charge on any atom is 0.130 e. The van der Waals surface area contributed by atoms with Crippen LogP contribution in [0, 0.1) is 0 Å². The average molecular weight is 447 g/mol. The van der Waals surface area contributed by atoms with Gasteiger partial charge in [0.25, 0.3) is 0 Å². The lowest BCUT2D eigenvalue weighted by atomic mass is 10.2. The summed E-state index contributed by atoms with van der Waals surface area (Å²) >= 11 is 9.38. The molecule has 154 valence electrons. The highest BCUT2D eigenvalue weighted by Crippen LogP contribution is 2.42. The van der Waals surface area contributed by atoms with Crippen molar-refractivity contribution in [2.45, 2.75) is 36.5 Å². The third-order valence-electron chi connectivity index (χ3n) is 4.70. The molecule has 0 aliphatic rings. The molecule has 0 atom stereocenters. The molecular weight excluding hydrogens is 420 g/mol. The first-order valence-electron chi connectivity index (χ1n) is 10.0. The fourth-order valence-electron chi connectivity index (χ4n) is 3.06. The maximum absolute atomic E-state index is 6.22. The molecule has 0 amide bonds. The Morgan fingerprint density at radius 1 is 1.07 bits per heavy atom. The van der Waals surface area contributed by atoms with Gasteiger partial charge in [-0.1, -0.05) is 43.3 Å². The molecule has 0 radical (unpaired) electrons. The number of hydrogen-bond donors (Lipinski definition) is 0. The van der Waals surface area contributed by atoms with Crippen LogP contribution >= 0.6 is 34.7 Å². The van der Waals surface area contributed by atoms with Crippen LogP contribution in [0.25, 0.3) is 10.6 Å². The van der Waals surface area contributed by atoms with Crippen molar-refractivity contribution in [3.8, 4) is 16.3 Å². The number of ether oxygens (including phenoxy) is 1. The lowest BCUT2D eigenvalue weighted by Gasteiger charge is -2.18. The molecule has 0 bridgehead atoms. The lowest BCUT2D eigenvalue weighted by molar-refractivity contribution is 0.266. The number of thiazole rings is 1. The third-order valence-corrected chi connectivity index (χ3v) is 6.81. The molecule has 0 aliphatic carbocycles. The van der Waals surface area contributed by atoms with Crippen molar-refractivity contribution in [2.24, 2.45) is 0 Å². The summed E-state index contributed by atoms with van der Waals surface area (Å²) in [6.07, 6.45) is 4.04. The number of halogens is 1. The molecule has 1 aromatic heterocycles. The molecule has 1 heterocycles. The van der Waals surface area contributed by atoms with E-state index in [2.05, 4.69) is 35.9 Å². The molecule has 0 unspecified atom stereocenters. The first-order chi connectivity index (χ1) is 14.2. The Morgan fingerprint density at radius 2 is 1.86 bits per heavy atom. The molecule has 29 heavy (non-hydrogen) atoms. The van der Waals surface area contributed by atoms with Crippen LogP contribution in [0.3, 0.4) is 0 Å². The van der Waals surface area contributed by atoms with Crippen LogP contribution < -0.4 is 4.74 Å². The zero-order chi connectivity index (χ0) is 20.5.